The summed E-state index contributed by atoms with van der Waals surface area (Å²) >= 11 is 6.30. The summed E-state index contributed by atoms with van der Waals surface area (Å²) in [6.07, 6.45) is -0.567. The van der Waals surface area contributed by atoms with Crippen LogP contribution in [0.25, 0.3) is 0 Å². The summed E-state index contributed by atoms with van der Waals surface area (Å²) in [4.78, 5) is 24.7. The molecule has 0 saturated heterocycles. The normalized spacial score (nSPS) is 12.5. The van der Waals surface area contributed by atoms with E-state index in [4.69, 9.17) is 26.8 Å². The number of Topliss-reactive ketones (excluding diaryl/α,β-unsaturated/α-hetero) is 1. The number of ketones is 1. The van der Waals surface area contributed by atoms with Crippen molar-refractivity contribution in [1.29, 1.82) is 0 Å². The van der Waals surface area contributed by atoms with E-state index >= 15 is 0 Å². The molecule has 0 radical (unpaired) electrons. The van der Waals surface area contributed by atoms with Gasteiger partial charge in [0.05, 0.1) is 12.0 Å². The Balaban J connectivity index is 2.38. The molecule has 0 aliphatic heterocycles. The first-order valence-electron chi connectivity index (χ1n) is 9.54. The monoisotopic (exact) mass is 417 g/mol. The van der Waals surface area contributed by atoms with E-state index in [2.05, 4.69) is 0 Å². The average molecular weight is 418 g/mol. The van der Waals surface area contributed by atoms with Crippen molar-refractivity contribution in [2.24, 2.45) is 5.73 Å². The summed E-state index contributed by atoms with van der Waals surface area (Å²) in [6.45, 7) is 9.24. The number of rotatable bonds is 8. The van der Waals surface area contributed by atoms with Gasteiger partial charge >= 0.3 is 6.09 Å². The van der Waals surface area contributed by atoms with Crippen LogP contribution in [0.4, 0.5) is 4.79 Å². The number of hydrogen-bond donors (Lipinski definition) is 1. The molecule has 0 spiro atoms. The van der Waals surface area contributed by atoms with Crippen molar-refractivity contribution in [3.63, 3.8) is 0 Å². The molecule has 6 heteroatoms. The van der Waals surface area contributed by atoms with Crippen LogP contribution in [0.2, 0.25) is 5.02 Å². The van der Waals surface area contributed by atoms with Gasteiger partial charge in [-0.3, -0.25) is 4.79 Å². The minimum atomic E-state index is -0.926. The van der Waals surface area contributed by atoms with Gasteiger partial charge < -0.3 is 15.2 Å². The summed E-state index contributed by atoms with van der Waals surface area (Å²) in [6, 6.07) is 12.6. The Morgan fingerprint density at radius 3 is 2.24 bits per heavy atom. The molecular weight excluding hydrogens is 390 g/mol. The van der Waals surface area contributed by atoms with Crippen molar-refractivity contribution in [2.45, 2.75) is 58.7 Å². The second-order valence-electron chi connectivity index (χ2n) is 8.00. The first-order valence-corrected chi connectivity index (χ1v) is 9.92. The van der Waals surface area contributed by atoms with E-state index in [1.165, 1.54) is 0 Å². The smallest absolute Gasteiger partial charge is 0.405 e. The third kappa shape index (κ3) is 6.50. The number of halogens is 1. The molecule has 2 N–H and O–H groups in total. The Bertz CT molecular complexity index is 875. The molecule has 0 heterocycles. The highest BCUT2D eigenvalue weighted by Crippen LogP contribution is 2.34. The molecule has 0 aliphatic carbocycles. The first kappa shape index (κ1) is 22.8. The zero-order valence-corrected chi connectivity index (χ0v) is 18.2. The molecule has 1 amide bonds. The maximum absolute atomic E-state index is 13.4. The molecule has 1 unspecified atom stereocenters. The minimum absolute atomic E-state index is 0.0470. The predicted octanol–water partition coefficient (Wildman–Crippen LogP) is 5.67. The van der Waals surface area contributed by atoms with Crippen LogP contribution in [0.15, 0.2) is 42.5 Å². The second-order valence-corrected chi connectivity index (χ2v) is 8.41. The number of benzene rings is 2. The van der Waals surface area contributed by atoms with Crippen LogP contribution in [0, 0.1) is 6.92 Å². The number of ether oxygens (including phenoxy) is 2. The van der Waals surface area contributed by atoms with E-state index in [-0.39, 0.29) is 18.3 Å². The van der Waals surface area contributed by atoms with Gasteiger partial charge in [-0.1, -0.05) is 23.7 Å². The largest absolute Gasteiger partial charge is 0.491 e. The Kier molecular flexibility index (Phi) is 7.31. The lowest BCUT2D eigenvalue weighted by Gasteiger charge is -2.29. The Morgan fingerprint density at radius 1 is 1.10 bits per heavy atom. The zero-order chi connectivity index (χ0) is 21.8. The zero-order valence-electron chi connectivity index (χ0n) is 17.5. The number of carbonyl (C=O) groups is 2. The molecule has 29 heavy (non-hydrogen) atoms. The fourth-order valence-electron chi connectivity index (χ4n) is 3.16. The fraction of sp³-hybridized carbons (Fsp3) is 0.391. The average Bonchev–Trinajstić information content (AvgIpc) is 2.60. The van der Waals surface area contributed by atoms with Crippen molar-refractivity contribution in [3.8, 4) is 5.75 Å². The van der Waals surface area contributed by atoms with Gasteiger partial charge in [-0.2, -0.15) is 0 Å². The van der Waals surface area contributed by atoms with Crippen LogP contribution in [0.3, 0.4) is 0 Å². The van der Waals surface area contributed by atoms with Crippen molar-refractivity contribution < 1.29 is 19.1 Å². The van der Waals surface area contributed by atoms with Crippen LogP contribution < -0.4 is 10.5 Å². The quantitative estimate of drug-likeness (QED) is 0.561. The summed E-state index contributed by atoms with van der Waals surface area (Å²) in [5, 5.41) is 0.578. The molecule has 0 aliphatic rings. The van der Waals surface area contributed by atoms with E-state index in [1.807, 2.05) is 32.9 Å². The molecule has 5 nitrogen and oxygen atoms in total. The lowest BCUT2D eigenvalue weighted by molar-refractivity contribution is 0.0325. The highest BCUT2D eigenvalue weighted by atomic mass is 35.5. The van der Waals surface area contributed by atoms with Crippen LogP contribution in [-0.4, -0.2) is 23.6 Å². The Morgan fingerprint density at radius 2 is 1.72 bits per heavy atom. The number of carbonyl (C=O) groups excluding carboxylic acids is 2. The standard InChI is InChI=1S/C23H28ClNO4/c1-14(2)28-18-10-8-16(9-11-18)21(26)19(13-23(4,5)29-22(25)27)17-7-6-15(3)20(24)12-17/h6-12,14,19H,13H2,1-5H3,(H2,25,27). The second kappa shape index (κ2) is 9.31. The minimum Gasteiger partial charge on any atom is -0.491 e. The van der Waals surface area contributed by atoms with E-state index in [0.717, 1.165) is 11.1 Å². The number of aryl methyl sites for hydroxylation is 1. The molecule has 2 rings (SSSR count). The number of amides is 1. The van der Waals surface area contributed by atoms with Crippen molar-refractivity contribution in [3.05, 3.63) is 64.2 Å². The predicted molar refractivity (Wildman–Crippen MR) is 115 cm³/mol. The van der Waals surface area contributed by atoms with Crippen LogP contribution in [0.5, 0.6) is 5.75 Å². The van der Waals surface area contributed by atoms with Gasteiger partial charge in [-0.25, -0.2) is 4.79 Å². The Hall–Kier alpha value is -2.53. The molecular formula is C23H28ClNO4. The molecule has 0 aromatic heterocycles. The molecule has 2 aromatic carbocycles. The number of nitrogens with two attached hydrogens (primary N) is 1. The van der Waals surface area contributed by atoms with E-state index in [0.29, 0.717) is 16.3 Å². The SMILES string of the molecule is Cc1ccc(C(CC(C)(C)OC(N)=O)C(=O)c2ccc(OC(C)C)cc2)cc1Cl. The fourth-order valence-corrected chi connectivity index (χ4v) is 3.35. The highest BCUT2D eigenvalue weighted by molar-refractivity contribution is 6.31. The first-order chi connectivity index (χ1) is 13.5. The number of primary amides is 1. The van der Waals surface area contributed by atoms with E-state index in [1.54, 1.807) is 44.2 Å². The van der Waals surface area contributed by atoms with Crippen molar-refractivity contribution in [2.75, 3.05) is 0 Å². The van der Waals surface area contributed by atoms with Gasteiger partial charge in [0, 0.05) is 17.0 Å². The lowest BCUT2D eigenvalue weighted by Crippen LogP contribution is -2.34. The maximum Gasteiger partial charge on any atom is 0.405 e. The summed E-state index contributed by atoms with van der Waals surface area (Å²) in [7, 11) is 0. The summed E-state index contributed by atoms with van der Waals surface area (Å²) in [5.41, 5.74) is 6.49. The van der Waals surface area contributed by atoms with E-state index in [9.17, 15) is 9.59 Å². The number of hydrogen-bond acceptors (Lipinski definition) is 4. The van der Waals surface area contributed by atoms with Gasteiger partial charge in [0.1, 0.15) is 11.4 Å². The summed E-state index contributed by atoms with van der Waals surface area (Å²) < 4.78 is 10.9. The van der Waals surface area contributed by atoms with Crippen molar-refractivity contribution >= 4 is 23.5 Å². The molecule has 0 bridgehead atoms. The molecule has 0 fully saturated rings. The van der Waals surface area contributed by atoms with Gasteiger partial charge in [-0.15, -0.1) is 0 Å². The lowest BCUT2D eigenvalue weighted by atomic mass is 9.82. The van der Waals surface area contributed by atoms with Gasteiger partial charge in [0.15, 0.2) is 5.78 Å². The third-order valence-corrected chi connectivity index (χ3v) is 4.91. The molecule has 2 aromatic rings. The molecule has 1 atom stereocenters. The molecule has 156 valence electrons. The third-order valence-electron chi connectivity index (χ3n) is 4.50. The molecule has 0 saturated carbocycles. The van der Waals surface area contributed by atoms with Crippen LogP contribution >= 0.6 is 11.6 Å². The highest BCUT2D eigenvalue weighted by Gasteiger charge is 2.32. The van der Waals surface area contributed by atoms with Gasteiger partial charge in [-0.05, 0) is 76.1 Å². The van der Waals surface area contributed by atoms with Crippen LogP contribution in [0.1, 0.15) is 61.5 Å². The topological polar surface area (TPSA) is 78.6 Å². The summed E-state index contributed by atoms with van der Waals surface area (Å²) in [5.74, 6) is 0.0466. The Labute approximate surface area is 177 Å². The maximum atomic E-state index is 13.4. The van der Waals surface area contributed by atoms with E-state index < -0.39 is 17.6 Å². The van der Waals surface area contributed by atoms with Gasteiger partial charge in [0.25, 0.3) is 0 Å². The van der Waals surface area contributed by atoms with Gasteiger partial charge in [0.2, 0.25) is 0 Å². The van der Waals surface area contributed by atoms with Crippen LogP contribution in [-0.2, 0) is 4.74 Å². The van der Waals surface area contributed by atoms with Crippen molar-refractivity contribution in [1.82, 2.24) is 0 Å².